The molecular formula is C16H20O4. The third-order valence-corrected chi connectivity index (χ3v) is 8.31. The predicted octanol–water partition coefficient (Wildman–Crippen LogP) is 1.34. The lowest BCUT2D eigenvalue weighted by molar-refractivity contribution is -0.171. The Hall–Kier alpha value is -1.06. The van der Waals surface area contributed by atoms with Gasteiger partial charge in [0.25, 0.3) is 0 Å². The Morgan fingerprint density at radius 2 is 1.05 bits per heavy atom. The van der Waals surface area contributed by atoms with Gasteiger partial charge in [-0.05, 0) is 46.3 Å². The van der Waals surface area contributed by atoms with Crippen molar-refractivity contribution < 1.29 is 19.1 Å². The zero-order chi connectivity index (χ0) is 14.2. The number of esters is 2. The molecule has 20 heavy (non-hydrogen) atoms. The second kappa shape index (κ2) is 2.79. The quantitative estimate of drug-likeness (QED) is 0.714. The minimum atomic E-state index is -0.258. The third-order valence-electron chi connectivity index (χ3n) is 8.31. The van der Waals surface area contributed by atoms with Crippen molar-refractivity contribution in [1.29, 1.82) is 0 Å². The summed E-state index contributed by atoms with van der Waals surface area (Å²) in [6, 6.07) is 0. The molecule has 0 amide bonds. The maximum atomic E-state index is 12.3. The fraction of sp³-hybridized carbons (Fsp3) is 0.875. The van der Waals surface area contributed by atoms with Gasteiger partial charge in [0.1, 0.15) is 0 Å². The largest absolute Gasteiger partial charge is 0.469 e. The molecular weight excluding hydrogens is 256 g/mol. The average Bonchev–Trinajstić information content (AvgIpc) is 3.27. The standard InChI is InChI=1S/C16H20O4/c1-15-9-7-5(13(17)19-3)6(14(18)20-4)8(10(9)15)12-11(7)16(12,15)2/h5-12H,1-4H3/t5-,6+,7?,8?,9-,10-,11-,12+,15?,16?/m1/s1. The second-order valence-corrected chi connectivity index (χ2v) is 7.92. The Kier molecular flexibility index (Phi) is 1.62. The normalized spacial score (nSPS) is 65.8. The first kappa shape index (κ1) is 11.6. The van der Waals surface area contributed by atoms with Crippen molar-refractivity contribution in [2.24, 2.45) is 58.2 Å². The lowest BCUT2D eigenvalue weighted by atomic mass is 9.58. The molecule has 0 radical (unpaired) electrons. The van der Waals surface area contributed by atoms with Crippen LogP contribution in [0.3, 0.4) is 0 Å². The van der Waals surface area contributed by atoms with E-state index in [4.69, 9.17) is 9.47 Å². The predicted molar refractivity (Wildman–Crippen MR) is 68.2 cm³/mol. The molecule has 6 saturated carbocycles. The van der Waals surface area contributed by atoms with Gasteiger partial charge in [-0.1, -0.05) is 13.8 Å². The molecule has 0 N–H and O–H groups in total. The molecule has 6 aliphatic carbocycles. The van der Waals surface area contributed by atoms with Crippen LogP contribution < -0.4 is 0 Å². The van der Waals surface area contributed by atoms with Gasteiger partial charge in [-0.3, -0.25) is 9.59 Å². The van der Waals surface area contributed by atoms with Crippen LogP contribution in [0.5, 0.6) is 0 Å². The van der Waals surface area contributed by atoms with Crippen LogP contribution in [0, 0.1) is 58.2 Å². The van der Waals surface area contributed by atoms with Crippen LogP contribution in [0.1, 0.15) is 13.8 Å². The summed E-state index contributed by atoms with van der Waals surface area (Å²) in [6.45, 7) is 4.78. The van der Waals surface area contributed by atoms with Gasteiger partial charge in [0.2, 0.25) is 0 Å². The maximum absolute atomic E-state index is 12.3. The average molecular weight is 276 g/mol. The molecule has 6 fully saturated rings. The maximum Gasteiger partial charge on any atom is 0.309 e. The molecule has 6 aliphatic rings. The van der Waals surface area contributed by atoms with E-state index in [1.807, 2.05) is 0 Å². The van der Waals surface area contributed by atoms with Crippen molar-refractivity contribution in [3.63, 3.8) is 0 Å². The highest BCUT2D eigenvalue weighted by Gasteiger charge is 3.01. The first-order chi connectivity index (χ1) is 9.46. The highest BCUT2D eigenvalue weighted by Crippen LogP contribution is 3.03. The van der Waals surface area contributed by atoms with Crippen molar-refractivity contribution in [3.05, 3.63) is 0 Å². The Balaban J connectivity index is 1.65. The fourth-order valence-corrected chi connectivity index (χ4v) is 7.85. The van der Waals surface area contributed by atoms with Crippen LogP contribution in [0.2, 0.25) is 0 Å². The summed E-state index contributed by atoms with van der Waals surface area (Å²) < 4.78 is 10.1. The van der Waals surface area contributed by atoms with Crippen LogP contribution in [0.15, 0.2) is 0 Å². The molecule has 6 rings (SSSR count). The van der Waals surface area contributed by atoms with E-state index in [-0.39, 0.29) is 23.8 Å². The van der Waals surface area contributed by atoms with Crippen LogP contribution in [-0.4, -0.2) is 26.2 Å². The summed E-state index contributed by atoms with van der Waals surface area (Å²) >= 11 is 0. The summed E-state index contributed by atoms with van der Waals surface area (Å²) in [7, 11) is 2.87. The van der Waals surface area contributed by atoms with Crippen molar-refractivity contribution >= 4 is 11.9 Å². The van der Waals surface area contributed by atoms with Crippen LogP contribution in [0.4, 0.5) is 0 Å². The number of fused-ring (bicyclic) bond motifs is 1. The van der Waals surface area contributed by atoms with E-state index in [0.717, 1.165) is 0 Å². The number of hydrogen-bond donors (Lipinski definition) is 0. The summed E-state index contributed by atoms with van der Waals surface area (Å²) in [4.78, 5) is 24.6. The SMILES string of the molecule is COC(=O)[C@@H]1C2[C@@H]3[C@H]4C([C@@H]5[C@H]2C5(C)C43C)[C@@H]1C(=O)OC. The van der Waals surface area contributed by atoms with E-state index < -0.39 is 0 Å². The lowest BCUT2D eigenvalue weighted by Crippen LogP contribution is -2.51. The minimum Gasteiger partial charge on any atom is -0.469 e. The molecule has 108 valence electrons. The van der Waals surface area contributed by atoms with Gasteiger partial charge in [-0.15, -0.1) is 0 Å². The zero-order valence-corrected chi connectivity index (χ0v) is 12.3. The van der Waals surface area contributed by atoms with Crippen LogP contribution >= 0.6 is 0 Å². The number of carbonyl (C=O) groups is 2. The Morgan fingerprint density at radius 1 is 0.750 bits per heavy atom. The minimum absolute atomic E-state index is 0.197. The number of rotatable bonds is 2. The van der Waals surface area contributed by atoms with Crippen LogP contribution in [0.25, 0.3) is 0 Å². The second-order valence-electron chi connectivity index (χ2n) is 7.92. The highest BCUT2D eigenvalue weighted by atomic mass is 16.5. The Bertz CT molecular complexity index is 497. The summed E-state index contributed by atoms with van der Waals surface area (Å²) in [5, 5.41) is 0. The van der Waals surface area contributed by atoms with Crippen molar-refractivity contribution in [3.8, 4) is 0 Å². The highest BCUT2D eigenvalue weighted by molar-refractivity contribution is 5.85. The van der Waals surface area contributed by atoms with Crippen molar-refractivity contribution in [2.45, 2.75) is 13.8 Å². The van der Waals surface area contributed by atoms with Gasteiger partial charge < -0.3 is 9.47 Å². The van der Waals surface area contributed by atoms with Gasteiger partial charge >= 0.3 is 11.9 Å². The lowest BCUT2D eigenvalue weighted by Gasteiger charge is -2.44. The molecule has 4 nitrogen and oxygen atoms in total. The topological polar surface area (TPSA) is 52.6 Å². The molecule has 0 spiro atoms. The van der Waals surface area contributed by atoms with Gasteiger partial charge in [0, 0.05) is 0 Å². The Morgan fingerprint density at radius 3 is 1.30 bits per heavy atom. The van der Waals surface area contributed by atoms with E-state index in [1.54, 1.807) is 0 Å². The first-order valence-electron chi connectivity index (χ1n) is 7.62. The van der Waals surface area contributed by atoms with Gasteiger partial charge in [-0.25, -0.2) is 0 Å². The van der Waals surface area contributed by atoms with E-state index in [2.05, 4.69) is 13.8 Å². The molecule has 0 heterocycles. The fourth-order valence-electron chi connectivity index (χ4n) is 7.85. The Labute approximate surface area is 118 Å². The van der Waals surface area contributed by atoms with Gasteiger partial charge in [0.15, 0.2) is 0 Å². The van der Waals surface area contributed by atoms with Crippen LogP contribution in [-0.2, 0) is 19.1 Å². The summed E-state index contributed by atoms with van der Waals surface area (Å²) in [5.74, 6) is 2.42. The zero-order valence-electron chi connectivity index (χ0n) is 12.3. The molecule has 4 heteroatoms. The van der Waals surface area contributed by atoms with E-state index in [9.17, 15) is 9.59 Å². The van der Waals surface area contributed by atoms with Crippen molar-refractivity contribution in [1.82, 2.24) is 0 Å². The first-order valence-corrected chi connectivity index (χ1v) is 7.62. The number of carbonyl (C=O) groups excluding carboxylic acids is 2. The molecule has 2 bridgehead atoms. The molecule has 0 aromatic carbocycles. The monoisotopic (exact) mass is 276 g/mol. The van der Waals surface area contributed by atoms with Gasteiger partial charge in [0.05, 0.1) is 26.1 Å². The van der Waals surface area contributed by atoms with E-state index in [1.165, 1.54) is 14.2 Å². The number of hydrogen-bond acceptors (Lipinski definition) is 4. The molecule has 4 unspecified atom stereocenters. The van der Waals surface area contributed by atoms with Crippen molar-refractivity contribution in [2.75, 3.05) is 14.2 Å². The molecule has 10 atom stereocenters. The summed E-state index contributed by atoms with van der Waals surface area (Å²) in [6.07, 6.45) is 0. The van der Waals surface area contributed by atoms with E-state index >= 15 is 0 Å². The molecule has 0 aliphatic heterocycles. The number of ether oxygens (including phenoxy) is 2. The molecule has 0 saturated heterocycles. The summed E-state index contributed by atoms with van der Waals surface area (Å²) in [5.41, 5.74) is 0.763. The van der Waals surface area contributed by atoms with Gasteiger partial charge in [-0.2, -0.15) is 0 Å². The number of methoxy groups -OCH3 is 2. The smallest absolute Gasteiger partial charge is 0.309 e. The molecule has 0 aromatic rings. The van der Waals surface area contributed by atoms with E-state index in [0.29, 0.717) is 46.3 Å². The molecule has 0 aromatic heterocycles. The third kappa shape index (κ3) is 0.746.